The number of aryl methyl sites for hydroxylation is 2. The predicted octanol–water partition coefficient (Wildman–Crippen LogP) is 2.81. The van der Waals surface area contributed by atoms with Crippen LogP contribution in [0, 0.1) is 13.8 Å². The highest BCUT2D eigenvalue weighted by molar-refractivity contribution is 5.96. The molecule has 0 saturated carbocycles. The molecule has 0 aliphatic carbocycles. The van der Waals surface area contributed by atoms with Crippen molar-refractivity contribution in [2.45, 2.75) is 39.2 Å². The van der Waals surface area contributed by atoms with Gasteiger partial charge < -0.3 is 14.4 Å². The van der Waals surface area contributed by atoms with Gasteiger partial charge in [0.05, 0.1) is 20.3 Å². The topological polar surface area (TPSA) is 80.3 Å². The summed E-state index contributed by atoms with van der Waals surface area (Å²) in [5.41, 5.74) is 1.48. The molecule has 1 saturated heterocycles. The second-order valence-electron chi connectivity index (χ2n) is 6.31. The van der Waals surface area contributed by atoms with Crippen LogP contribution in [0.2, 0.25) is 0 Å². The number of nitrogens with one attached hydrogen (secondary N) is 1. The van der Waals surface area contributed by atoms with E-state index in [1.807, 2.05) is 24.8 Å². The number of carbonyl (C=O) groups is 1. The third-order valence-corrected chi connectivity index (χ3v) is 4.64. The lowest BCUT2D eigenvalue weighted by molar-refractivity contribution is 0.0599. The highest BCUT2D eigenvalue weighted by atomic mass is 16.5. The first-order chi connectivity index (χ1) is 12.0. The van der Waals surface area contributed by atoms with Gasteiger partial charge >= 0.3 is 0 Å². The number of aromatic amines is 1. The number of aromatic nitrogens is 3. The molecule has 2 aromatic rings. The minimum absolute atomic E-state index is 0.0226. The zero-order chi connectivity index (χ0) is 18.0. The summed E-state index contributed by atoms with van der Waals surface area (Å²) in [6.45, 7) is 4.47. The van der Waals surface area contributed by atoms with Crippen LogP contribution in [-0.2, 0) is 0 Å². The molecule has 7 heteroatoms. The Kier molecular flexibility index (Phi) is 4.92. The minimum atomic E-state index is -0.0984. The summed E-state index contributed by atoms with van der Waals surface area (Å²) in [7, 11) is 3.16. The van der Waals surface area contributed by atoms with Crippen LogP contribution in [0.25, 0.3) is 0 Å². The zero-order valence-corrected chi connectivity index (χ0v) is 15.1. The average molecular weight is 344 g/mol. The summed E-state index contributed by atoms with van der Waals surface area (Å²) in [4.78, 5) is 19.6. The van der Waals surface area contributed by atoms with Crippen LogP contribution in [0.15, 0.2) is 12.1 Å². The maximum absolute atomic E-state index is 13.2. The Labute approximate surface area is 147 Å². The molecule has 0 bridgehead atoms. The standard InChI is InChI=1S/C18H24N4O3/c1-11-9-15(24-3)16(25-4)10-13(11)18(23)22-8-6-5-7-14(22)17-19-12(2)20-21-17/h9-10,14H,5-8H2,1-4H3,(H,19,20,21)/t14-/m1/s1. The Hall–Kier alpha value is -2.57. The maximum atomic E-state index is 13.2. The highest BCUT2D eigenvalue weighted by Gasteiger charge is 2.32. The summed E-state index contributed by atoms with van der Waals surface area (Å²) in [6, 6.07) is 3.49. The van der Waals surface area contributed by atoms with Crippen LogP contribution in [0.1, 0.15) is 52.9 Å². The molecule has 1 aromatic carbocycles. The van der Waals surface area contributed by atoms with E-state index in [9.17, 15) is 4.79 Å². The van der Waals surface area contributed by atoms with Gasteiger partial charge in [-0.25, -0.2) is 4.98 Å². The monoisotopic (exact) mass is 344 g/mol. The first-order valence-electron chi connectivity index (χ1n) is 8.47. The number of methoxy groups -OCH3 is 2. The smallest absolute Gasteiger partial charge is 0.254 e. The fourth-order valence-electron chi connectivity index (χ4n) is 3.32. The number of hydrogen-bond acceptors (Lipinski definition) is 5. The van der Waals surface area contributed by atoms with Gasteiger partial charge in [-0.2, -0.15) is 5.10 Å². The van der Waals surface area contributed by atoms with Crippen LogP contribution in [0.3, 0.4) is 0 Å². The molecular formula is C18H24N4O3. The number of carbonyl (C=O) groups excluding carboxylic acids is 1. The number of amides is 1. The van der Waals surface area contributed by atoms with Crippen LogP contribution < -0.4 is 9.47 Å². The summed E-state index contributed by atoms with van der Waals surface area (Å²) in [5.74, 6) is 2.60. The molecule has 0 radical (unpaired) electrons. The van der Waals surface area contributed by atoms with E-state index in [4.69, 9.17) is 9.47 Å². The van der Waals surface area contributed by atoms with Crippen molar-refractivity contribution in [3.63, 3.8) is 0 Å². The summed E-state index contributed by atoms with van der Waals surface area (Å²) < 4.78 is 10.7. The molecule has 1 amide bonds. The molecule has 1 atom stereocenters. The molecule has 2 heterocycles. The lowest BCUT2D eigenvalue weighted by Crippen LogP contribution is -2.39. The van der Waals surface area contributed by atoms with Crippen molar-refractivity contribution in [3.05, 3.63) is 34.9 Å². The zero-order valence-electron chi connectivity index (χ0n) is 15.1. The third kappa shape index (κ3) is 3.31. The van der Waals surface area contributed by atoms with Crippen LogP contribution in [0.4, 0.5) is 0 Å². The van der Waals surface area contributed by atoms with E-state index in [-0.39, 0.29) is 11.9 Å². The maximum Gasteiger partial charge on any atom is 0.254 e. The third-order valence-electron chi connectivity index (χ3n) is 4.64. The van der Waals surface area contributed by atoms with Gasteiger partial charge in [-0.1, -0.05) is 0 Å². The Morgan fingerprint density at radius 3 is 2.56 bits per heavy atom. The number of ether oxygens (including phenoxy) is 2. The molecule has 3 rings (SSSR count). The quantitative estimate of drug-likeness (QED) is 0.922. The van der Waals surface area contributed by atoms with Crippen molar-refractivity contribution in [1.29, 1.82) is 0 Å². The molecule has 1 fully saturated rings. The summed E-state index contributed by atoms with van der Waals surface area (Å²) in [5, 5.41) is 7.15. The first-order valence-corrected chi connectivity index (χ1v) is 8.47. The van der Waals surface area contributed by atoms with Gasteiger partial charge in [-0.05, 0) is 50.8 Å². The van der Waals surface area contributed by atoms with Crippen molar-refractivity contribution in [1.82, 2.24) is 20.1 Å². The molecule has 25 heavy (non-hydrogen) atoms. The predicted molar refractivity (Wildman–Crippen MR) is 93.0 cm³/mol. The average Bonchev–Trinajstić information content (AvgIpc) is 3.07. The number of piperidine rings is 1. The number of H-pyrrole nitrogens is 1. The van der Waals surface area contributed by atoms with Gasteiger partial charge in [0.1, 0.15) is 5.82 Å². The van der Waals surface area contributed by atoms with E-state index in [1.54, 1.807) is 20.3 Å². The van der Waals surface area contributed by atoms with Gasteiger partial charge in [-0.3, -0.25) is 9.89 Å². The van der Waals surface area contributed by atoms with Crippen LogP contribution in [0.5, 0.6) is 11.5 Å². The van der Waals surface area contributed by atoms with Gasteiger partial charge in [0.25, 0.3) is 5.91 Å². The molecule has 134 valence electrons. The van der Waals surface area contributed by atoms with E-state index in [0.717, 1.165) is 30.7 Å². The van der Waals surface area contributed by atoms with Gasteiger partial charge in [0.2, 0.25) is 0 Å². The van der Waals surface area contributed by atoms with E-state index in [1.165, 1.54) is 0 Å². The normalized spacial score (nSPS) is 17.4. The molecule has 1 aromatic heterocycles. The van der Waals surface area contributed by atoms with Crippen molar-refractivity contribution in [3.8, 4) is 11.5 Å². The lowest BCUT2D eigenvalue weighted by Gasteiger charge is -2.34. The Balaban J connectivity index is 1.95. The SMILES string of the molecule is COc1cc(C)c(C(=O)N2CCCC[C@@H]2c2n[nH]c(C)n2)cc1OC. The minimum Gasteiger partial charge on any atom is -0.493 e. The summed E-state index contributed by atoms with van der Waals surface area (Å²) in [6.07, 6.45) is 2.92. The molecule has 0 unspecified atom stereocenters. The number of rotatable bonds is 4. The largest absolute Gasteiger partial charge is 0.493 e. The Morgan fingerprint density at radius 2 is 1.92 bits per heavy atom. The molecule has 7 nitrogen and oxygen atoms in total. The number of likely N-dealkylation sites (tertiary alicyclic amines) is 1. The van der Waals surface area contributed by atoms with Crippen molar-refractivity contribution in [2.24, 2.45) is 0 Å². The van der Waals surface area contributed by atoms with Crippen molar-refractivity contribution in [2.75, 3.05) is 20.8 Å². The second-order valence-corrected chi connectivity index (χ2v) is 6.31. The highest BCUT2D eigenvalue weighted by Crippen LogP contribution is 2.34. The van der Waals surface area contributed by atoms with E-state index >= 15 is 0 Å². The van der Waals surface area contributed by atoms with E-state index in [0.29, 0.717) is 29.4 Å². The Morgan fingerprint density at radius 1 is 1.20 bits per heavy atom. The molecule has 1 aliphatic rings. The van der Waals surface area contributed by atoms with Gasteiger partial charge in [0.15, 0.2) is 17.3 Å². The second kappa shape index (κ2) is 7.13. The van der Waals surface area contributed by atoms with E-state index in [2.05, 4.69) is 15.2 Å². The lowest BCUT2D eigenvalue weighted by atomic mass is 9.98. The number of nitrogens with zero attached hydrogens (tertiary/aromatic N) is 3. The fourth-order valence-corrected chi connectivity index (χ4v) is 3.32. The van der Waals surface area contributed by atoms with Crippen molar-refractivity contribution < 1.29 is 14.3 Å². The van der Waals surface area contributed by atoms with Gasteiger partial charge in [-0.15, -0.1) is 0 Å². The Bertz CT molecular complexity index is 772. The van der Waals surface area contributed by atoms with Gasteiger partial charge in [0, 0.05) is 12.1 Å². The van der Waals surface area contributed by atoms with Crippen LogP contribution in [-0.4, -0.2) is 46.8 Å². The molecule has 0 spiro atoms. The first kappa shape index (κ1) is 17.3. The van der Waals surface area contributed by atoms with Crippen molar-refractivity contribution >= 4 is 5.91 Å². The summed E-state index contributed by atoms with van der Waals surface area (Å²) >= 11 is 0. The number of benzene rings is 1. The van der Waals surface area contributed by atoms with E-state index < -0.39 is 0 Å². The molecular weight excluding hydrogens is 320 g/mol. The van der Waals surface area contributed by atoms with Crippen LogP contribution >= 0.6 is 0 Å². The fraction of sp³-hybridized carbons (Fsp3) is 0.500. The number of hydrogen-bond donors (Lipinski definition) is 1. The molecule has 1 N–H and O–H groups in total. The molecule has 1 aliphatic heterocycles.